The highest BCUT2D eigenvalue weighted by molar-refractivity contribution is 7.92. The van der Waals surface area contributed by atoms with Gasteiger partial charge in [-0.2, -0.15) is 0 Å². The van der Waals surface area contributed by atoms with E-state index in [1.54, 1.807) is 24.3 Å². The highest BCUT2D eigenvalue weighted by Crippen LogP contribution is 2.88. The van der Waals surface area contributed by atoms with Gasteiger partial charge in [0.25, 0.3) is 0 Å². The molecular weight excluding hydrogens is 288 g/mol. The molecule has 5 fully saturated rings. The van der Waals surface area contributed by atoms with E-state index >= 15 is 0 Å². The second kappa shape index (κ2) is 3.35. The average Bonchev–Trinajstić information content (AvgIpc) is 2.84. The van der Waals surface area contributed by atoms with Crippen molar-refractivity contribution in [2.45, 2.75) is 23.0 Å². The number of benzene rings is 1. The molecule has 3 unspecified atom stereocenters. The van der Waals surface area contributed by atoms with Crippen molar-refractivity contribution < 1.29 is 18.3 Å². The molecule has 1 aromatic rings. The summed E-state index contributed by atoms with van der Waals surface area (Å²) in [7, 11) is -3.33. The lowest BCUT2D eigenvalue weighted by Crippen LogP contribution is -2.34. The molecule has 110 valence electrons. The molecule has 5 heteroatoms. The van der Waals surface area contributed by atoms with Crippen molar-refractivity contribution in [1.82, 2.24) is 0 Å². The number of carboxylic acid groups (broad SMARTS) is 1. The topological polar surface area (TPSA) is 71.4 Å². The van der Waals surface area contributed by atoms with Crippen molar-refractivity contribution in [3.63, 3.8) is 0 Å². The molecule has 1 N–H and O–H groups in total. The van der Waals surface area contributed by atoms with Crippen molar-refractivity contribution in [2.75, 3.05) is 0 Å². The van der Waals surface area contributed by atoms with Crippen LogP contribution in [0.3, 0.4) is 0 Å². The summed E-state index contributed by atoms with van der Waals surface area (Å²) in [4.78, 5) is 12.1. The molecule has 1 aromatic carbocycles. The van der Waals surface area contributed by atoms with E-state index in [1.807, 2.05) is 6.07 Å². The Morgan fingerprint density at radius 3 is 2.48 bits per heavy atom. The molecule has 0 heterocycles. The summed E-state index contributed by atoms with van der Waals surface area (Å²) in [6.07, 6.45) is 1.49. The molecule has 0 aliphatic heterocycles. The van der Waals surface area contributed by atoms with E-state index in [4.69, 9.17) is 0 Å². The molecule has 5 aliphatic carbocycles. The molecule has 7 atom stereocenters. The summed E-state index contributed by atoms with van der Waals surface area (Å²) in [6, 6.07) is 8.62. The molecular formula is C16H16O4S. The van der Waals surface area contributed by atoms with Crippen LogP contribution in [0.1, 0.15) is 12.8 Å². The summed E-state index contributed by atoms with van der Waals surface area (Å²) in [5, 5.41) is 9.23. The van der Waals surface area contributed by atoms with Crippen molar-refractivity contribution in [3.8, 4) is 0 Å². The van der Waals surface area contributed by atoms with Crippen LogP contribution in [0.5, 0.6) is 0 Å². The maximum Gasteiger partial charge on any atom is 0.310 e. The molecule has 6 rings (SSSR count). The molecule has 0 amide bonds. The predicted octanol–water partition coefficient (Wildman–Crippen LogP) is 1.82. The van der Waals surface area contributed by atoms with E-state index in [2.05, 4.69) is 0 Å². The first-order chi connectivity index (χ1) is 10.0. The van der Waals surface area contributed by atoms with Gasteiger partial charge in [0.05, 0.1) is 15.6 Å². The minimum absolute atomic E-state index is 0.0845. The van der Waals surface area contributed by atoms with Crippen molar-refractivity contribution in [1.29, 1.82) is 0 Å². The lowest BCUT2D eigenvalue weighted by molar-refractivity contribution is -0.146. The van der Waals surface area contributed by atoms with Crippen LogP contribution in [0, 0.1) is 35.0 Å². The van der Waals surface area contributed by atoms with Crippen LogP contribution in [0.2, 0.25) is 0 Å². The zero-order valence-corrected chi connectivity index (χ0v) is 12.2. The van der Waals surface area contributed by atoms with Gasteiger partial charge in [-0.05, 0) is 54.6 Å². The van der Waals surface area contributed by atoms with Gasteiger partial charge in [0.1, 0.15) is 0 Å². The summed E-state index contributed by atoms with van der Waals surface area (Å²) >= 11 is 0. The summed E-state index contributed by atoms with van der Waals surface area (Å²) in [5.74, 6) is 0.218. The van der Waals surface area contributed by atoms with Gasteiger partial charge in [0.2, 0.25) is 0 Å². The van der Waals surface area contributed by atoms with Gasteiger partial charge in [0.15, 0.2) is 9.84 Å². The highest BCUT2D eigenvalue weighted by atomic mass is 32.2. The number of carbonyl (C=O) groups is 1. The number of sulfone groups is 1. The monoisotopic (exact) mass is 304 g/mol. The Kier molecular flexibility index (Phi) is 1.95. The quantitative estimate of drug-likeness (QED) is 0.924. The molecule has 6 bridgehead atoms. The first-order valence-electron chi connectivity index (χ1n) is 7.53. The third-order valence-electron chi connectivity index (χ3n) is 6.81. The van der Waals surface area contributed by atoms with Gasteiger partial charge in [-0.15, -0.1) is 0 Å². The van der Waals surface area contributed by atoms with E-state index in [1.165, 1.54) is 0 Å². The fraction of sp³-hybridized carbons (Fsp3) is 0.562. The third-order valence-corrected chi connectivity index (χ3v) is 9.04. The van der Waals surface area contributed by atoms with E-state index in [0.717, 1.165) is 6.42 Å². The first kappa shape index (κ1) is 12.2. The van der Waals surface area contributed by atoms with Crippen LogP contribution in [-0.2, 0) is 14.6 Å². The molecule has 5 aliphatic rings. The summed E-state index contributed by atoms with van der Waals surface area (Å²) in [6.45, 7) is 0. The fourth-order valence-electron chi connectivity index (χ4n) is 6.33. The van der Waals surface area contributed by atoms with E-state index in [0.29, 0.717) is 17.2 Å². The second-order valence-electron chi connectivity index (χ2n) is 7.09. The van der Waals surface area contributed by atoms with Gasteiger partial charge in [-0.25, -0.2) is 8.42 Å². The highest BCUT2D eigenvalue weighted by Gasteiger charge is 2.90. The van der Waals surface area contributed by atoms with Gasteiger partial charge in [-0.3, -0.25) is 4.79 Å². The minimum atomic E-state index is -3.33. The molecule has 5 saturated carbocycles. The predicted molar refractivity (Wildman–Crippen MR) is 74.2 cm³/mol. The number of hydrogen-bond acceptors (Lipinski definition) is 3. The SMILES string of the molecule is O=C(O)[C@]12C3CC4[C@H](C31)[C@@H](S(=O)(=O)c1ccccc1)C[C@@H]42. The maximum absolute atomic E-state index is 12.9. The number of carboxylic acids is 1. The Hall–Kier alpha value is -1.36. The van der Waals surface area contributed by atoms with Crippen LogP contribution in [0.4, 0.5) is 0 Å². The largest absolute Gasteiger partial charge is 0.481 e. The molecule has 0 saturated heterocycles. The molecule has 21 heavy (non-hydrogen) atoms. The van der Waals surface area contributed by atoms with E-state index in [-0.39, 0.29) is 28.9 Å². The molecule has 0 spiro atoms. The Morgan fingerprint density at radius 1 is 1.14 bits per heavy atom. The Morgan fingerprint density at radius 2 is 1.86 bits per heavy atom. The smallest absolute Gasteiger partial charge is 0.310 e. The molecule has 0 aromatic heterocycles. The van der Waals surface area contributed by atoms with Gasteiger partial charge in [-0.1, -0.05) is 18.2 Å². The van der Waals surface area contributed by atoms with Gasteiger partial charge in [0, 0.05) is 0 Å². The van der Waals surface area contributed by atoms with Crippen LogP contribution in [0.15, 0.2) is 35.2 Å². The summed E-state index contributed by atoms with van der Waals surface area (Å²) in [5.41, 5.74) is -0.544. The first-order valence-corrected chi connectivity index (χ1v) is 9.07. The van der Waals surface area contributed by atoms with Crippen LogP contribution < -0.4 is 0 Å². The van der Waals surface area contributed by atoms with E-state index < -0.39 is 21.2 Å². The van der Waals surface area contributed by atoms with E-state index in [9.17, 15) is 18.3 Å². The van der Waals surface area contributed by atoms with Crippen molar-refractivity contribution in [3.05, 3.63) is 30.3 Å². The average molecular weight is 304 g/mol. The zero-order valence-electron chi connectivity index (χ0n) is 11.3. The minimum Gasteiger partial charge on any atom is -0.481 e. The Balaban J connectivity index is 1.56. The third kappa shape index (κ3) is 1.10. The fourth-order valence-corrected chi connectivity index (χ4v) is 8.46. The second-order valence-corrected chi connectivity index (χ2v) is 9.25. The number of rotatable bonds is 3. The van der Waals surface area contributed by atoms with Crippen molar-refractivity contribution >= 4 is 15.8 Å². The van der Waals surface area contributed by atoms with Crippen molar-refractivity contribution in [2.24, 2.45) is 35.0 Å². The van der Waals surface area contributed by atoms with Crippen LogP contribution in [0.25, 0.3) is 0 Å². The number of hydrogen-bond donors (Lipinski definition) is 1. The normalized spacial score (nSPS) is 48.6. The van der Waals surface area contributed by atoms with Crippen LogP contribution in [-0.4, -0.2) is 24.7 Å². The lowest BCUT2D eigenvalue weighted by Gasteiger charge is -2.25. The van der Waals surface area contributed by atoms with Crippen LogP contribution >= 0.6 is 0 Å². The lowest BCUT2D eigenvalue weighted by atomic mass is 9.87. The Bertz CT molecular complexity index is 756. The standard InChI is InChI=1S/C16H16O4S/c17-15(18)16-10-7-12(13-9(10)6-11(16)14(13)16)21(19,20)8-4-2-1-3-5-8/h1-5,9-14H,6-7H2,(H,17,18)/t9?,10-,11?,12-,13-,14?,16+/m0/s1. The number of aliphatic carboxylic acids is 1. The zero-order chi connectivity index (χ0) is 14.6. The summed E-state index contributed by atoms with van der Waals surface area (Å²) < 4.78 is 25.8. The van der Waals surface area contributed by atoms with Gasteiger partial charge < -0.3 is 5.11 Å². The Labute approximate surface area is 123 Å². The molecule has 4 nitrogen and oxygen atoms in total. The maximum atomic E-state index is 12.9. The van der Waals surface area contributed by atoms with Gasteiger partial charge >= 0.3 is 5.97 Å². The molecule has 0 radical (unpaired) electrons.